The smallest absolute Gasteiger partial charge is 0.410 e. The fraction of sp³-hybridized carbons (Fsp3) is 0.500. The molecule has 1 aromatic carbocycles. The Hall–Kier alpha value is -1.33. The molecule has 4 nitrogen and oxygen atoms in total. The molecule has 0 bridgehead atoms. The molecule has 0 fully saturated rings. The fourth-order valence-corrected chi connectivity index (χ4v) is 2.60. The number of halogens is 1. The van der Waals surface area contributed by atoms with Crippen molar-refractivity contribution in [2.24, 2.45) is 0 Å². The molecule has 0 unspecified atom stereocenters. The minimum atomic E-state index is -0.437. The molecule has 2 rings (SSSR count). The Kier molecular flexibility index (Phi) is 6.25. The summed E-state index contributed by atoms with van der Waals surface area (Å²) in [4.78, 5) is 13.8. The largest absolute Gasteiger partial charge is 0.444 e. The Balaban J connectivity index is 1.74. The standard InChI is InChI=1S/C18H25BrN2O2/c1-18(2,3)23-17(22)21-10-8-15(9-11-21)13-20-12-14-4-6-16(19)7-5-14/h4-8,20H,9-13H2,1-3H3. The van der Waals surface area contributed by atoms with Crippen molar-refractivity contribution in [2.45, 2.75) is 39.3 Å². The summed E-state index contributed by atoms with van der Waals surface area (Å²) in [5, 5.41) is 3.45. The number of nitrogens with zero attached hydrogens (tertiary/aromatic N) is 1. The van der Waals surface area contributed by atoms with Gasteiger partial charge in [0.15, 0.2) is 0 Å². The van der Waals surface area contributed by atoms with Gasteiger partial charge in [0.1, 0.15) is 5.60 Å². The average molecular weight is 381 g/mol. The van der Waals surface area contributed by atoms with Gasteiger partial charge in [0.05, 0.1) is 0 Å². The maximum atomic E-state index is 12.0. The Labute approximate surface area is 147 Å². The van der Waals surface area contributed by atoms with Gasteiger partial charge in [-0.3, -0.25) is 0 Å². The maximum Gasteiger partial charge on any atom is 0.410 e. The van der Waals surface area contributed by atoms with Crippen LogP contribution in [0.15, 0.2) is 40.4 Å². The van der Waals surface area contributed by atoms with E-state index >= 15 is 0 Å². The van der Waals surface area contributed by atoms with Crippen LogP contribution in [0.4, 0.5) is 4.79 Å². The lowest BCUT2D eigenvalue weighted by molar-refractivity contribution is 0.0265. The molecule has 1 aromatic rings. The second-order valence-corrected chi connectivity index (χ2v) is 7.68. The molecule has 0 aromatic heterocycles. The first-order valence-corrected chi connectivity index (χ1v) is 8.74. The van der Waals surface area contributed by atoms with Crippen LogP contribution in [0.2, 0.25) is 0 Å². The number of hydrogen-bond donors (Lipinski definition) is 1. The minimum Gasteiger partial charge on any atom is -0.444 e. The van der Waals surface area contributed by atoms with E-state index in [-0.39, 0.29) is 6.09 Å². The predicted octanol–water partition coefficient (Wildman–Crippen LogP) is 4.11. The number of nitrogens with one attached hydrogen (secondary N) is 1. The van der Waals surface area contributed by atoms with Crippen LogP contribution in [-0.2, 0) is 11.3 Å². The molecule has 0 spiro atoms. The van der Waals surface area contributed by atoms with Crippen LogP contribution >= 0.6 is 15.9 Å². The van der Waals surface area contributed by atoms with Crippen molar-refractivity contribution in [2.75, 3.05) is 19.6 Å². The summed E-state index contributed by atoms with van der Waals surface area (Å²) in [5.41, 5.74) is 2.18. The van der Waals surface area contributed by atoms with Crippen LogP contribution in [0.3, 0.4) is 0 Å². The van der Waals surface area contributed by atoms with Gasteiger partial charge in [-0.1, -0.05) is 39.7 Å². The number of carbonyl (C=O) groups excluding carboxylic acids is 1. The van der Waals surface area contributed by atoms with Gasteiger partial charge in [0.25, 0.3) is 0 Å². The zero-order chi connectivity index (χ0) is 16.9. The van der Waals surface area contributed by atoms with E-state index in [1.54, 1.807) is 4.90 Å². The molecule has 1 N–H and O–H groups in total. The normalized spacial score (nSPS) is 15.3. The molecular formula is C18H25BrN2O2. The monoisotopic (exact) mass is 380 g/mol. The highest BCUT2D eigenvalue weighted by molar-refractivity contribution is 9.10. The van der Waals surface area contributed by atoms with Gasteiger partial charge in [-0.25, -0.2) is 4.79 Å². The lowest BCUT2D eigenvalue weighted by Gasteiger charge is -2.29. The molecule has 5 heteroatoms. The summed E-state index contributed by atoms with van der Waals surface area (Å²) in [7, 11) is 0. The molecule has 126 valence electrons. The van der Waals surface area contributed by atoms with Crippen LogP contribution in [0, 0.1) is 0 Å². The highest BCUT2D eigenvalue weighted by Gasteiger charge is 2.23. The van der Waals surface area contributed by atoms with Crippen LogP contribution in [0.25, 0.3) is 0 Å². The summed E-state index contributed by atoms with van der Waals surface area (Å²) in [6, 6.07) is 8.32. The van der Waals surface area contributed by atoms with Gasteiger partial charge in [0, 0.05) is 30.7 Å². The first-order valence-electron chi connectivity index (χ1n) is 7.94. The van der Waals surface area contributed by atoms with Crippen molar-refractivity contribution in [3.63, 3.8) is 0 Å². The average Bonchev–Trinajstić information content (AvgIpc) is 2.48. The Morgan fingerprint density at radius 2 is 1.96 bits per heavy atom. The number of ether oxygens (including phenoxy) is 1. The molecule has 23 heavy (non-hydrogen) atoms. The topological polar surface area (TPSA) is 41.6 Å². The molecule has 0 radical (unpaired) electrons. The first-order chi connectivity index (χ1) is 10.8. The predicted molar refractivity (Wildman–Crippen MR) is 96.4 cm³/mol. The highest BCUT2D eigenvalue weighted by Crippen LogP contribution is 2.15. The van der Waals surface area contributed by atoms with E-state index in [9.17, 15) is 4.79 Å². The van der Waals surface area contributed by atoms with E-state index < -0.39 is 5.60 Å². The lowest BCUT2D eigenvalue weighted by Crippen LogP contribution is -2.39. The summed E-state index contributed by atoms with van der Waals surface area (Å²) in [6.45, 7) is 8.73. The third-order valence-corrected chi connectivity index (χ3v) is 4.08. The van der Waals surface area contributed by atoms with Crippen molar-refractivity contribution < 1.29 is 9.53 Å². The van der Waals surface area contributed by atoms with Crippen molar-refractivity contribution in [1.82, 2.24) is 10.2 Å². The quantitative estimate of drug-likeness (QED) is 0.799. The molecule has 1 heterocycles. The number of amides is 1. The van der Waals surface area contributed by atoms with Crippen LogP contribution < -0.4 is 5.32 Å². The van der Waals surface area contributed by atoms with Crippen LogP contribution in [-0.4, -0.2) is 36.2 Å². The molecule has 1 amide bonds. The van der Waals surface area contributed by atoms with E-state index in [1.807, 2.05) is 20.8 Å². The third-order valence-electron chi connectivity index (χ3n) is 3.55. The second kappa shape index (κ2) is 7.97. The van der Waals surface area contributed by atoms with E-state index in [0.717, 1.165) is 30.5 Å². The van der Waals surface area contributed by atoms with Gasteiger partial charge in [0.2, 0.25) is 0 Å². The van der Waals surface area contributed by atoms with Crippen molar-refractivity contribution in [3.8, 4) is 0 Å². The Morgan fingerprint density at radius 3 is 2.52 bits per heavy atom. The fourth-order valence-electron chi connectivity index (χ4n) is 2.33. The SMILES string of the molecule is CC(C)(C)OC(=O)N1CC=C(CNCc2ccc(Br)cc2)CC1. The highest BCUT2D eigenvalue weighted by atomic mass is 79.9. The molecular weight excluding hydrogens is 356 g/mol. The number of benzene rings is 1. The Bertz CT molecular complexity index is 561. The zero-order valence-electron chi connectivity index (χ0n) is 14.1. The summed E-state index contributed by atoms with van der Waals surface area (Å²) in [5.74, 6) is 0. The van der Waals surface area contributed by atoms with Crippen molar-refractivity contribution >= 4 is 22.0 Å². The van der Waals surface area contributed by atoms with Gasteiger partial charge in [-0.15, -0.1) is 0 Å². The van der Waals surface area contributed by atoms with Crippen LogP contribution in [0.5, 0.6) is 0 Å². The summed E-state index contributed by atoms with van der Waals surface area (Å²) < 4.78 is 6.50. The second-order valence-electron chi connectivity index (χ2n) is 6.77. The molecule has 0 saturated heterocycles. The summed E-state index contributed by atoms with van der Waals surface area (Å²) in [6.07, 6.45) is 2.80. The summed E-state index contributed by atoms with van der Waals surface area (Å²) >= 11 is 3.44. The van der Waals surface area contributed by atoms with Gasteiger partial charge in [-0.05, 0) is 44.9 Å². The molecule has 0 atom stereocenters. The number of hydrogen-bond acceptors (Lipinski definition) is 3. The van der Waals surface area contributed by atoms with E-state index in [0.29, 0.717) is 6.54 Å². The number of carbonyl (C=O) groups is 1. The zero-order valence-corrected chi connectivity index (χ0v) is 15.6. The molecule has 1 aliphatic rings. The number of rotatable bonds is 4. The minimum absolute atomic E-state index is 0.226. The first kappa shape index (κ1) is 18.0. The van der Waals surface area contributed by atoms with E-state index in [1.165, 1.54) is 11.1 Å². The van der Waals surface area contributed by atoms with Gasteiger partial charge < -0.3 is 15.0 Å². The van der Waals surface area contributed by atoms with E-state index in [2.05, 4.69) is 51.6 Å². The third kappa shape index (κ3) is 6.36. The van der Waals surface area contributed by atoms with Crippen LogP contribution in [0.1, 0.15) is 32.8 Å². The maximum absolute atomic E-state index is 12.0. The van der Waals surface area contributed by atoms with Crippen molar-refractivity contribution in [3.05, 3.63) is 46.0 Å². The molecule has 0 saturated carbocycles. The molecule has 0 aliphatic carbocycles. The Morgan fingerprint density at radius 1 is 1.26 bits per heavy atom. The lowest BCUT2D eigenvalue weighted by atomic mass is 10.1. The van der Waals surface area contributed by atoms with E-state index in [4.69, 9.17) is 4.74 Å². The van der Waals surface area contributed by atoms with Gasteiger partial charge in [-0.2, -0.15) is 0 Å². The van der Waals surface area contributed by atoms with Crippen molar-refractivity contribution in [1.29, 1.82) is 0 Å². The molecule has 1 aliphatic heterocycles. The van der Waals surface area contributed by atoms with Gasteiger partial charge >= 0.3 is 6.09 Å².